The van der Waals surface area contributed by atoms with Crippen LogP contribution in [0.15, 0.2) is 12.3 Å². The Morgan fingerprint density at radius 3 is 2.63 bits per heavy atom. The van der Waals surface area contributed by atoms with Crippen molar-refractivity contribution in [2.45, 2.75) is 32.9 Å². The Kier molecular flexibility index (Phi) is 5.35. The maximum atomic E-state index is 11.7. The average Bonchev–Trinajstić information content (AvgIpc) is 2.70. The van der Waals surface area contributed by atoms with Gasteiger partial charge in [0.2, 0.25) is 0 Å². The molecule has 1 atom stereocenters. The van der Waals surface area contributed by atoms with Gasteiger partial charge in [0.1, 0.15) is 0 Å². The number of nitrogens with one attached hydrogen (secondary N) is 2. The molecule has 1 rings (SSSR count). The third-order valence-corrected chi connectivity index (χ3v) is 2.87. The van der Waals surface area contributed by atoms with Crippen LogP contribution in [0.2, 0.25) is 0 Å². The van der Waals surface area contributed by atoms with Crippen molar-refractivity contribution in [2.75, 3.05) is 0 Å². The van der Waals surface area contributed by atoms with Crippen molar-refractivity contribution in [1.82, 2.24) is 20.4 Å². The molecule has 3 N–H and O–H groups in total. The van der Waals surface area contributed by atoms with Crippen LogP contribution in [0.25, 0.3) is 0 Å². The number of aryl methyl sites for hydroxylation is 1. The van der Waals surface area contributed by atoms with Gasteiger partial charge in [-0.1, -0.05) is 13.8 Å². The molecule has 19 heavy (non-hydrogen) atoms. The van der Waals surface area contributed by atoms with Gasteiger partial charge in [-0.15, -0.1) is 0 Å². The smallest absolute Gasteiger partial charge is 0.315 e. The van der Waals surface area contributed by atoms with E-state index in [4.69, 9.17) is 5.11 Å². The number of carboxylic acid groups (broad SMARTS) is 1. The highest BCUT2D eigenvalue weighted by Gasteiger charge is 2.19. The van der Waals surface area contributed by atoms with E-state index in [1.54, 1.807) is 24.0 Å². The fourth-order valence-corrected chi connectivity index (χ4v) is 1.61. The second-order valence-electron chi connectivity index (χ2n) is 4.72. The number of hydrogen-bond donors (Lipinski definition) is 3. The first kappa shape index (κ1) is 15.0. The van der Waals surface area contributed by atoms with E-state index in [0.717, 1.165) is 5.69 Å². The van der Waals surface area contributed by atoms with Crippen molar-refractivity contribution in [3.8, 4) is 0 Å². The van der Waals surface area contributed by atoms with Gasteiger partial charge in [-0.25, -0.2) is 4.79 Å². The summed E-state index contributed by atoms with van der Waals surface area (Å²) in [6.45, 7) is 4.09. The van der Waals surface area contributed by atoms with Crippen molar-refractivity contribution >= 4 is 12.0 Å². The Balaban J connectivity index is 2.44. The molecule has 1 heterocycles. The molecule has 106 valence electrons. The molecule has 0 aliphatic heterocycles. The normalized spacial score (nSPS) is 12.2. The summed E-state index contributed by atoms with van der Waals surface area (Å²) in [5.74, 6) is -0.871. The van der Waals surface area contributed by atoms with Gasteiger partial charge in [0, 0.05) is 19.3 Å². The lowest BCUT2D eigenvalue weighted by atomic mass is 10.0. The third-order valence-electron chi connectivity index (χ3n) is 2.87. The number of aromatic nitrogens is 2. The molecule has 1 aromatic heterocycles. The first-order valence-electron chi connectivity index (χ1n) is 6.13. The summed E-state index contributed by atoms with van der Waals surface area (Å²) in [7, 11) is 1.79. The van der Waals surface area contributed by atoms with Gasteiger partial charge < -0.3 is 15.7 Å². The second-order valence-corrected chi connectivity index (χ2v) is 4.72. The quantitative estimate of drug-likeness (QED) is 0.708. The molecule has 0 saturated carbocycles. The number of amides is 2. The summed E-state index contributed by atoms with van der Waals surface area (Å²) in [4.78, 5) is 22.4. The van der Waals surface area contributed by atoms with Crippen LogP contribution in [0.5, 0.6) is 0 Å². The predicted octanol–water partition coefficient (Wildman–Crippen LogP) is 0.719. The molecule has 1 unspecified atom stereocenters. The minimum Gasteiger partial charge on any atom is -0.481 e. The molecule has 7 heteroatoms. The summed E-state index contributed by atoms with van der Waals surface area (Å²) in [6.07, 6.45) is 1.56. The minimum atomic E-state index is -0.925. The monoisotopic (exact) mass is 268 g/mol. The van der Waals surface area contributed by atoms with Gasteiger partial charge >= 0.3 is 12.0 Å². The molecular weight excluding hydrogens is 248 g/mol. The second kappa shape index (κ2) is 6.77. The maximum absolute atomic E-state index is 11.7. The number of aliphatic carboxylic acids is 1. The molecule has 0 spiro atoms. The van der Waals surface area contributed by atoms with E-state index in [0.29, 0.717) is 6.54 Å². The molecule has 0 saturated heterocycles. The third kappa shape index (κ3) is 4.99. The number of rotatable bonds is 6. The molecule has 2 amide bonds. The topological polar surface area (TPSA) is 96.2 Å². The summed E-state index contributed by atoms with van der Waals surface area (Å²) in [5, 5.41) is 18.1. The summed E-state index contributed by atoms with van der Waals surface area (Å²) in [5.41, 5.74) is 0.870. The minimum absolute atomic E-state index is 0.0542. The van der Waals surface area contributed by atoms with Crippen LogP contribution in [0.1, 0.15) is 26.0 Å². The zero-order valence-corrected chi connectivity index (χ0v) is 11.4. The van der Waals surface area contributed by atoms with E-state index in [1.807, 2.05) is 13.8 Å². The van der Waals surface area contributed by atoms with Crippen LogP contribution in [-0.2, 0) is 18.4 Å². The largest absolute Gasteiger partial charge is 0.481 e. The van der Waals surface area contributed by atoms with Crippen LogP contribution in [0.3, 0.4) is 0 Å². The van der Waals surface area contributed by atoms with Crippen molar-refractivity contribution < 1.29 is 14.7 Å². The number of carbonyl (C=O) groups is 2. The number of hydrogen-bond acceptors (Lipinski definition) is 3. The lowest BCUT2D eigenvalue weighted by Gasteiger charge is -2.20. The zero-order valence-electron chi connectivity index (χ0n) is 11.4. The Morgan fingerprint density at radius 1 is 1.47 bits per heavy atom. The average molecular weight is 268 g/mol. The fraction of sp³-hybridized carbons (Fsp3) is 0.583. The first-order chi connectivity index (χ1) is 8.90. The lowest BCUT2D eigenvalue weighted by molar-refractivity contribution is -0.137. The Hall–Kier alpha value is -2.05. The van der Waals surface area contributed by atoms with Gasteiger partial charge in [0.25, 0.3) is 0 Å². The zero-order chi connectivity index (χ0) is 14.4. The van der Waals surface area contributed by atoms with Crippen LogP contribution >= 0.6 is 0 Å². The molecule has 1 aromatic rings. The van der Waals surface area contributed by atoms with E-state index in [9.17, 15) is 9.59 Å². The lowest BCUT2D eigenvalue weighted by Crippen LogP contribution is -2.45. The predicted molar refractivity (Wildman–Crippen MR) is 69.5 cm³/mol. The fourth-order valence-electron chi connectivity index (χ4n) is 1.61. The van der Waals surface area contributed by atoms with E-state index < -0.39 is 5.97 Å². The SMILES string of the molecule is CC(C)C(CC(=O)O)NC(=O)NCc1ccnn1C. The number of carboxylic acids is 1. The molecule has 0 fully saturated rings. The Bertz CT molecular complexity index is 442. The summed E-state index contributed by atoms with van der Waals surface area (Å²) in [6, 6.07) is 1.04. The molecule has 7 nitrogen and oxygen atoms in total. The van der Waals surface area contributed by atoms with E-state index in [2.05, 4.69) is 15.7 Å². The molecule has 0 aliphatic carbocycles. The summed E-state index contributed by atoms with van der Waals surface area (Å²) >= 11 is 0. The highest BCUT2D eigenvalue weighted by molar-refractivity contribution is 5.75. The van der Waals surface area contributed by atoms with Gasteiger partial charge in [0.15, 0.2) is 0 Å². The molecule has 0 bridgehead atoms. The highest BCUT2D eigenvalue weighted by Crippen LogP contribution is 2.06. The van der Waals surface area contributed by atoms with Crippen molar-refractivity contribution in [2.24, 2.45) is 13.0 Å². The van der Waals surface area contributed by atoms with Crippen LogP contribution in [-0.4, -0.2) is 32.9 Å². The van der Waals surface area contributed by atoms with Gasteiger partial charge in [-0.3, -0.25) is 9.48 Å². The van der Waals surface area contributed by atoms with Gasteiger partial charge in [-0.05, 0) is 12.0 Å². The molecular formula is C12H20N4O3. The number of nitrogens with zero attached hydrogens (tertiary/aromatic N) is 2. The Morgan fingerprint density at radius 2 is 2.16 bits per heavy atom. The molecule has 0 radical (unpaired) electrons. The van der Waals surface area contributed by atoms with Gasteiger partial charge in [0.05, 0.1) is 18.7 Å². The van der Waals surface area contributed by atoms with Crippen molar-refractivity contribution in [1.29, 1.82) is 0 Å². The van der Waals surface area contributed by atoms with E-state index >= 15 is 0 Å². The van der Waals surface area contributed by atoms with Crippen molar-refractivity contribution in [3.63, 3.8) is 0 Å². The van der Waals surface area contributed by atoms with Crippen LogP contribution in [0, 0.1) is 5.92 Å². The summed E-state index contributed by atoms with van der Waals surface area (Å²) < 4.78 is 1.66. The van der Waals surface area contributed by atoms with E-state index in [-0.39, 0.29) is 24.4 Å². The molecule has 0 aliphatic rings. The first-order valence-corrected chi connectivity index (χ1v) is 6.13. The molecule has 0 aromatic carbocycles. The van der Waals surface area contributed by atoms with Crippen molar-refractivity contribution in [3.05, 3.63) is 18.0 Å². The van der Waals surface area contributed by atoms with Crippen LogP contribution < -0.4 is 10.6 Å². The van der Waals surface area contributed by atoms with E-state index in [1.165, 1.54) is 0 Å². The maximum Gasteiger partial charge on any atom is 0.315 e. The Labute approximate surface area is 112 Å². The van der Waals surface area contributed by atoms with Crippen LogP contribution in [0.4, 0.5) is 4.79 Å². The highest BCUT2D eigenvalue weighted by atomic mass is 16.4. The standard InChI is InChI=1S/C12H20N4O3/c1-8(2)10(6-11(17)18)15-12(19)13-7-9-4-5-14-16(9)3/h4-5,8,10H,6-7H2,1-3H3,(H,17,18)(H2,13,15,19). The number of carbonyl (C=O) groups excluding carboxylic acids is 1. The number of urea groups is 1. The van der Waals surface area contributed by atoms with Gasteiger partial charge in [-0.2, -0.15) is 5.10 Å².